The lowest BCUT2D eigenvalue weighted by atomic mass is 10.2. The van der Waals surface area contributed by atoms with Crippen LogP contribution < -0.4 is 4.72 Å². The molecule has 1 aromatic rings. The van der Waals surface area contributed by atoms with Crippen molar-refractivity contribution in [1.29, 1.82) is 0 Å². The fourth-order valence-corrected chi connectivity index (χ4v) is 2.33. The molecule has 0 saturated carbocycles. The van der Waals surface area contributed by atoms with Crippen LogP contribution in [0.15, 0.2) is 29.2 Å². The standard InChI is InChI=1S/C12H18N2O3S/c1-10-4-6-12(7-5-10)18(16,17)13-8-9-14(3)11(2)15/h4-7,13H,8-9H2,1-3H3. The van der Waals surface area contributed by atoms with E-state index in [9.17, 15) is 13.2 Å². The van der Waals surface area contributed by atoms with E-state index < -0.39 is 10.0 Å². The Morgan fingerprint density at radius 3 is 2.33 bits per heavy atom. The number of rotatable bonds is 5. The molecule has 1 amide bonds. The Balaban J connectivity index is 2.60. The number of amides is 1. The molecule has 0 heterocycles. The van der Waals surface area contributed by atoms with Gasteiger partial charge in [0.25, 0.3) is 0 Å². The van der Waals surface area contributed by atoms with Crippen LogP contribution in [0.2, 0.25) is 0 Å². The van der Waals surface area contributed by atoms with E-state index in [0.29, 0.717) is 6.54 Å². The van der Waals surface area contributed by atoms with Gasteiger partial charge in [-0.05, 0) is 19.1 Å². The minimum absolute atomic E-state index is 0.0930. The molecule has 100 valence electrons. The van der Waals surface area contributed by atoms with Crippen LogP contribution in [0.3, 0.4) is 0 Å². The lowest BCUT2D eigenvalue weighted by Gasteiger charge is -2.15. The van der Waals surface area contributed by atoms with Crippen molar-refractivity contribution in [3.63, 3.8) is 0 Å². The van der Waals surface area contributed by atoms with Gasteiger partial charge in [0.15, 0.2) is 0 Å². The summed E-state index contributed by atoms with van der Waals surface area (Å²) in [6, 6.07) is 6.62. The highest BCUT2D eigenvalue weighted by Crippen LogP contribution is 2.09. The highest BCUT2D eigenvalue weighted by Gasteiger charge is 2.13. The van der Waals surface area contributed by atoms with Crippen LogP contribution in [0.1, 0.15) is 12.5 Å². The highest BCUT2D eigenvalue weighted by atomic mass is 32.2. The van der Waals surface area contributed by atoms with E-state index in [0.717, 1.165) is 5.56 Å². The van der Waals surface area contributed by atoms with E-state index in [1.54, 1.807) is 31.3 Å². The van der Waals surface area contributed by atoms with E-state index in [1.807, 2.05) is 6.92 Å². The van der Waals surface area contributed by atoms with Gasteiger partial charge in [-0.3, -0.25) is 4.79 Å². The van der Waals surface area contributed by atoms with Crippen LogP contribution in [0.4, 0.5) is 0 Å². The third-order valence-corrected chi connectivity index (χ3v) is 4.09. The van der Waals surface area contributed by atoms with Crippen molar-refractivity contribution in [1.82, 2.24) is 9.62 Å². The molecule has 0 spiro atoms. The second-order valence-corrected chi connectivity index (χ2v) is 5.92. The summed E-state index contributed by atoms with van der Waals surface area (Å²) in [4.78, 5) is 12.6. The lowest BCUT2D eigenvalue weighted by Crippen LogP contribution is -2.35. The number of nitrogens with one attached hydrogen (secondary N) is 1. The van der Waals surface area contributed by atoms with E-state index in [2.05, 4.69) is 4.72 Å². The summed E-state index contributed by atoms with van der Waals surface area (Å²) in [5.74, 6) is -0.0930. The molecular formula is C12H18N2O3S. The summed E-state index contributed by atoms with van der Waals surface area (Å²) in [6.45, 7) is 3.88. The molecule has 5 nitrogen and oxygen atoms in total. The first-order chi connectivity index (χ1) is 8.33. The quantitative estimate of drug-likeness (QED) is 0.858. The Morgan fingerprint density at radius 2 is 1.83 bits per heavy atom. The van der Waals surface area contributed by atoms with Crippen LogP contribution in [-0.2, 0) is 14.8 Å². The Labute approximate surface area is 108 Å². The van der Waals surface area contributed by atoms with E-state index in [-0.39, 0.29) is 17.3 Å². The number of likely N-dealkylation sites (N-methyl/N-ethyl adjacent to an activating group) is 1. The highest BCUT2D eigenvalue weighted by molar-refractivity contribution is 7.89. The zero-order valence-corrected chi connectivity index (χ0v) is 11.6. The molecule has 0 bridgehead atoms. The molecule has 1 aromatic carbocycles. The fourth-order valence-electron chi connectivity index (χ4n) is 1.31. The zero-order valence-electron chi connectivity index (χ0n) is 10.8. The van der Waals surface area contributed by atoms with Gasteiger partial charge in [0.05, 0.1) is 4.90 Å². The van der Waals surface area contributed by atoms with Gasteiger partial charge in [-0.15, -0.1) is 0 Å². The Bertz CT molecular complexity index is 509. The predicted molar refractivity (Wildman–Crippen MR) is 69.7 cm³/mol. The Morgan fingerprint density at radius 1 is 1.28 bits per heavy atom. The first-order valence-electron chi connectivity index (χ1n) is 5.61. The van der Waals surface area contributed by atoms with Crippen molar-refractivity contribution in [3.05, 3.63) is 29.8 Å². The maximum atomic E-state index is 11.9. The number of carbonyl (C=O) groups excluding carboxylic acids is 1. The number of carbonyl (C=O) groups is 1. The molecule has 0 unspecified atom stereocenters. The summed E-state index contributed by atoms with van der Waals surface area (Å²) in [5, 5.41) is 0. The molecular weight excluding hydrogens is 252 g/mol. The minimum Gasteiger partial charge on any atom is -0.345 e. The molecule has 0 saturated heterocycles. The van der Waals surface area contributed by atoms with Crippen LogP contribution in [0, 0.1) is 6.92 Å². The fraction of sp³-hybridized carbons (Fsp3) is 0.417. The summed E-state index contributed by atoms with van der Waals surface area (Å²) in [5.41, 5.74) is 1.00. The maximum absolute atomic E-state index is 11.9. The van der Waals surface area contributed by atoms with Gasteiger partial charge in [-0.1, -0.05) is 17.7 Å². The summed E-state index contributed by atoms with van der Waals surface area (Å²) in [6.07, 6.45) is 0. The largest absolute Gasteiger partial charge is 0.345 e. The third-order valence-electron chi connectivity index (χ3n) is 2.61. The molecule has 0 aromatic heterocycles. The normalized spacial score (nSPS) is 11.3. The molecule has 0 aliphatic rings. The average Bonchev–Trinajstić information content (AvgIpc) is 2.29. The third kappa shape index (κ3) is 4.12. The molecule has 0 aliphatic carbocycles. The van der Waals surface area contributed by atoms with Crippen molar-refractivity contribution in [2.75, 3.05) is 20.1 Å². The number of nitrogens with zero attached hydrogens (tertiary/aromatic N) is 1. The SMILES string of the molecule is CC(=O)N(C)CCNS(=O)(=O)c1ccc(C)cc1. The smallest absolute Gasteiger partial charge is 0.240 e. The molecule has 18 heavy (non-hydrogen) atoms. The molecule has 0 radical (unpaired) electrons. The van der Waals surface area contributed by atoms with Crippen molar-refractivity contribution < 1.29 is 13.2 Å². The van der Waals surface area contributed by atoms with Crippen LogP contribution in [-0.4, -0.2) is 39.4 Å². The second-order valence-electron chi connectivity index (χ2n) is 4.15. The van der Waals surface area contributed by atoms with Crippen LogP contribution in [0.25, 0.3) is 0 Å². The van der Waals surface area contributed by atoms with Gasteiger partial charge >= 0.3 is 0 Å². The first-order valence-corrected chi connectivity index (χ1v) is 7.09. The number of benzene rings is 1. The topological polar surface area (TPSA) is 66.5 Å². The molecule has 0 fully saturated rings. The van der Waals surface area contributed by atoms with Crippen molar-refractivity contribution >= 4 is 15.9 Å². The minimum atomic E-state index is -3.49. The van der Waals surface area contributed by atoms with Crippen LogP contribution in [0.5, 0.6) is 0 Å². The molecule has 1 N–H and O–H groups in total. The maximum Gasteiger partial charge on any atom is 0.240 e. The van der Waals surface area contributed by atoms with Gasteiger partial charge in [-0.2, -0.15) is 0 Å². The number of hydrogen-bond acceptors (Lipinski definition) is 3. The van der Waals surface area contributed by atoms with Crippen LogP contribution >= 0.6 is 0 Å². The van der Waals surface area contributed by atoms with E-state index >= 15 is 0 Å². The van der Waals surface area contributed by atoms with Gasteiger partial charge in [0.2, 0.25) is 15.9 Å². The summed E-state index contributed by atoms with van der Waals surface area (Å²) >= 11 is 0. The molecule has 1 rings (SSSR count). The van der Waals surface area contributed by atoms with E-state index in [1.165, 1.54) is 11.8 Å². The molecule has 0 atom stereocenters. The van der Waals surface area contributed by atoms with E-state index in [4.69, 9.17) is 0 Å². The molecule has 6 heteroatoms. The summed E-state index contributed by atoms with van der Waals surface area (Å²) < 4.78 is 26.2. The van der Waals surface area contributed by atoms with Gasteiger partial charge in [0, 0.05) is 27.1 Å². The summed E-state index contributed by atoms with van der Waals surface area (Å²) in [7, 11) is -1.86. The first kappa shape index (κ1) is 14.7. The monoisotopic (exact) mass is 270 g/mol. The average molecular weight is 270 g/mol. The zero-order chi connectivity index (χ0) is 13.8. The second kappa shape index (κ2) is 5.97. The molecule has 0 aliphatic heterocycles. The van der Waals surface area contributed by atoms with Gasteiger partial charge < -0.3 is 4.90 Å². The predicted octanol–water partition coefficient (Wildman–Crippen LogP) is 0.752. The van der Waals surface area contributed by atoms with Crippen molar-refractivity contribution in [2.24, 2.45) is 0 Å². The number of sulfonamides is 1. The number of hydrogen-bond donors (Lipinski definition) is 1. The van der Waals surface area contributed by atoms with Crippen molar-refractivity contribution in [2.45, 2.75) is 18.7 Å². The van der Waals surface area contributed by atoms with Gasteiger partial charge in [0.1, 0.15) is 0 Å². The van der Waals surface area contributed by atoms with Crippen molar-refractivity contribution in [3.8, 4) is 0 Å². The lowest BCUT2D eigenvalue weighted by molar-refractivity contribution is -0.127. The van der Waals surface area contributed by atoms with Gasteiger partial charge in [-0.25, -0.2) is 13.1 Å². The Hall–Kier alpha value is -1.40. The number of aryl methyl sites for hydroxylation is 1. The Kier molecular flexibility index (Phi) is 4.86.